The van der Waals surface area contributed by atoms with Crippen molar-refractivity contribution < 1.29 is 9.84 Å². The Morgan fingerprint density at radius 1 is 1.47 bits per heavy atom. The topological polar surface area (TPSA) is 70.5 Å². The highest BCUT2D eigenvalue weighted by Gasteiger charge is 2.23. The molecule has 1 atom stereocenters. The normalized spacial score (nSPS) is 19.6. The van der Waals surface area contributed by atoms with Crippen molar-refractivity contribution in [2.24, 2.45) is 0 Å². The number of nitrogens with zero attached hydrogens (tertiary/aromatic N) is 3. The zero-order valence-electron chi connectivity index (χ0n) is 11.8. The molecule has 1 fully saturated rings. The quantitative estimate of drug-likeness (QED) is 0.831. The van der Waals surface area contributed by atoms with Gasteiger partial charge in [-0.2, -0.15) is 0 Å². The first-order chi connectivity index (χ1) is 9.19. The second-order valence-corrected chi connectivity index (χ2v) is 4.66. The van der Waals surface area contributed by atoms with Crippen LogP contribution in [0.3, 0.4) is 0 Å². The van der Waals surface area contributed by atoms with Crippen LogP contribution in [0.1, 0.15) is 18.3 Å². The molecule has 2 heterocycles. The first kappa shape index (κ1) is 14.0. The van der Waals surface area contributed by atoms with E-state index in [1.54, 1.807) is 0 Å². The van der Waals surface area contributed by atoms with Gasteiger partial charge in [0, 0.05) is 32.1 Å². The second kappa shape index (κ2) is 6.16. The minimum absolute atomic E-state index is 0.0418. The number of aliphatic hydroxyl groups is 1. The Kier molecular flexibility index (Phi) is 4.55. The number of aryl methyl sites for hydroxylation is 1. The fourth-order valence-electron chi connectivity index (χ4n) is 2.28. The molecule has 0 radical (unpaired) electrons. The van der Waals surface area contributed by atoms with E-state index >= 15 is 0 Å². The van der Waals surface area contributed by atoms with Crippen molar-refractivity contribution in [1.82, 2.24) is 9.97 Å². The van der Waals surface area contributed by atoms with Gasteiger partial charge in [-0.3, -0.25) is 0 Å². The maximum atomic E-state index is 9.23. The Morgan fingerprint density at radius 2 is 2.26 bits per heavy atom. The molecule has 1 saturated heterocycles. The predicted octanol–water partition coefficient (Wildman–Crippen LogP) is 0.587. The summed E-state index contributed by atoms with van der Waals surface area (Å²) in [6.45, 7) is 6.18. The molecule has 6 nitrogen and oxygen atoms in total. The lowest BCUT2D eigenvalue weighted by atomic mass is 10.2. The number of nitrogens with one attached hydrogen (secondary N) is 1. The minimum Gasteiger partial charge on any atom is -0.394 e. The van der Waals surface area contributed by atoms with Crippen LogP contribution in [0, 0.1) is 6.92 Å². The molecule has 0 spiro atoms. The first-order valence-corrected chi connectivity index (χ1v) is 6.72. The maximum absolute atomic E-state index is 9.23. The third-order valence-electron chi connectivity index (χ3n) is 3.36. The summed E-state index contributed by atoms with van der Waals surface area (Å²) in [5.41, 5.74) is 1.04. The number of rotatable bonds is 4. The zero-order chi connectivity index (χ0) is 13.8. The van der Waals surface area contributed by atoms with E-state index in [1.807, 2.05) is 20.9 Å². The standard InChI is InChI=1S/C13H22N4O2/c1-4-11-15-12(14-3)9(2)13(16-11)17-5-6-19-10(7-17)8-18/h10,18H,4-8H2,1-3H3,(H,14,15,16). The summed E-state index contributed by atoms with van der Waals surface area (Å²) in [6, 6.07) is 0. The molecule has 1 aromatic rings. The summed E-state index contributed by atoms with van der Waals surface area (Å²) < 4.78 is 5.48. The molecule has 106 valence electrons. The summed E-state index contributed by atoms with van der Waals surface area (Å²) in [6.07, 6.45) is 0.668. The number of aromatic nitrogens is 2. The van der Waals surface area contributed by atoms with Crippen LogP contribution in [-0.4, -0.2) is 54.5 Å². The van der Waals surface area contributed by atoms with Gasteiger partial charge in [-0.05, 0) is 6.92 Å². The van der Waals surface area contributed by atoms with Crippen LogP contribution in [0.25, 0.3) is 0 Å². The largest absolute Gasteiger partial charge is 0.394 e. The van der Waals surface area contributed by atoms with Crippen molar-refractivity contribution in [2.75, 3.05) is 43.6 Å². The van der Waals surface area contributed by atoms with Crippen LogP contribution in [0.2, 0.25) is 0 Å². The van der Waals surface area contributed by atoms with Gasteiger partial charge in [0.2, 0.25) is 0 Å². The Balaban J connectivity index is 2.32. The lowest BCUT2D eigenvalue weighted by molar-refractivity contribution is 0.00332. The smallest absolute Gasteiger partial charge is 0.137 e. The molecule has 0 bridgehead atoms. The fraction of sp³-hybridized carbons (Fsp3) is 0.692. The molecule has 2 N–H and O–H groups in total. The van der Waals surface area contributed by atoms with Crippen molar-refractivity contribution in [3.05, 3.63) is 11.4 Å². The molecule has 1 aliphatic heterocycles. The second-order valence-electron chi connectivity index (χ2n) is 4.66. The molecule has 1 unspecified atom stereocenters. The van der Waals surface area contributed by atoms with Crippen LogP contribution in [0.15, 0.2) is 0 Å². The van der Waals surface area contributed by atoms with Crippen LogP contribution in [0.5, 0.6) is 0 Å². The summed E-state index contributed by atoms with van der Waals surface area (Å²) in [7, 11) is 1.87. The van der Waals surface area contributed by atoms with Gasteiger partial charge in [-0.1, -0.05) is 6.92 Å². The SMILES string of the molecule is CCc1nc(NC)c(C)c(N2CCOC(CO)C2)n1. The molecule has 2 rings (SSSR count). The van der Waals surface area contributed by atoms with E-state index in [2.05, 4.69) is 20.2 Å². The van der Waals surface area contributed by atoms with Gasteiger partial charge in [-0.25, -0.2) is 9.97 Å². The van der Waals surface area contributed by atoms with Crippen molar-refractivity contribution in [3.8, 4) is 0 Å². The molecule has 1 aliphatic rings. The lowest BCUT2D eigenvalue weighted by Gasteiger charge is -2.34. The van der Waals surface area contributed by atoms with Crippen molar-refractivity contribution in [3.63, 3.8) is 0 Å². The van der Waals surface area contributed by atoms with E-state index in [9.17, 15) is 5.11 Å². The molecule has 0 aromatic carbocycles. The van der Waals surface area contributed by atoms with E-state index in [-0.39, 0.29) is 12.7 Å². The van der Waals surface area contributed by atoms with Crippen LogP contribution >= 0.6 is 0 Å². The molecule has 1 aromatic heterocycles. The van der Waals surface area contributed by atoms with E-state index in [0.717, 1.165) is 36.0 Å². The Hall–Kier alpha value is -1.40. The monoisotopic (exact) mass is 266 g/mol. The lowest BCUT2D eigenvalue weighted by Crippen LogP contribution is -2.45. The minimum atomic E-state index is -0.133. The van der Waals surface area contributed by atoms with Crippen molar-refractivity contribution >= 4 is 11.6 Å². The van der Waals surface area contributed by atoms with Crippen molar-refractivity contribution in [2.45, 2.75) is 26.4 Å². The Bertz CT molecular complexity index is 439. The summed E-state index contributed by atoms with van der Waals surface area (Å²) >= 11 is 0. The average molecular weight is 266 g/mol. The van der Waals surface area contributed by atoms with Crippen LogP contribution in [-0.2, 0) is 11.2 Å². The fourth-order valence-corrected chi connectivity index (χ4v) is 2.28. The number of ether oxygens (including phenoxy) is 1. The summed E-state index contributed by atoms with van der Waals surface area (Å²) in [4.78, 5) is 11.3. The Labute approximate surface area is 113 Å². The molecule has 6 heteroatoms. The van der Waals surface area contributed by atoms with E-state index < -0.39 is 0 Å². The predicted molar refractivity (Wildman–Crippen MR) is 74.7 cm³/mol. The number of aliphatic hydroxyl groups excluding tert-OH is 1. The van der Waals surface area contributed by atoms with Crippen molar-refractivity contribution in [1.29, 1.82) is 0 Å². The third-order valence-corrected chi connectivity index (χ3v) is 3.36. The molecular weight excluding hydrogens is 244 g/mol. The van der Waals surface area contributed by atoms with Crippen LogP contribution < -0.4 is 10.2 Å². The number of anilines is 2. The molecule has 0 amide bonds. The van der Waals surface area contributed by atoms with Gasteiger partial charge in [0.15, 0.2) is 0 Å². The Morgan fingerprint density at radius 3 is 2.89 bits per heavy atom. The van der Waals surface area contributed by atoms with Gasteiger partial charge in [-0.15, -0.1) is 0 Å². The highest BCUT2D eigenvalue weighted by molar-refractivity contribution is 5.58. The van der Waals surface area contributed by atoms with E-state index in [1.165, 1.54) is 0 Å². The van der Waals surface area contributed by atoms with Gasteiger partial charge >= 0.3 is 0 Å². The third kappa shape index (κ3) is 2.96. The van der Waals surface area contributed by atoms with Crippen LogP contribution in [0.4, 0.5) is 11.6 Å². The van der Waals surface area contributed by atoms with E-state index in [0.29, 0.717) is 13.2 Å². The van der Waals surface area contributed by atoms with Gasteiger partial charge in [0.25, 0.3) is 0 Å². The first-order valence-electron chi connectivity index (χ1n) is 6.72. The summed E-state index contributed by atoms with van der Waals surface area (Å²) in [5.74, 6) is 2.64. The van der Waals surface area contributed by atoms with Gasteiger partial charge in [0.1, 0.15) is 17.5 Å². The van der Waals surface area contributed by atoms with Gasteiger partial charge < -0.3 is 20.1 Å². The molecule has 0 aliphatic carbocycles. The number of morpholine rings is 1. The van der Waals surface area contributed by atoms with E-state index in [4.69, 9.17) is 4.74 Å². The highest BCUT2D eigenvalue weighted by atomic mass is 16.5. The maximum Gasteiger partial charge on any atom is 0.137 e. The molecular formula is C13H22N4O2. The highest BCUT2D eigenvalue weighted by Crippen LogP contribution is 2.25. The number of hydrogen-bond donors (Lipinski definition) is 2. The molecule has 0 saturated carbocycles. The number of hydrogen-bond acceptors (Lipinski definition) is 6. The zero-order valence-corrected chi connectivity index (χ0v) is 11.8. The van der Waals surface area contributed by atoms with Gasteiger partial charge in [0.05, 0.1) is 19.3 Å². The summed E-state index contributed by atoms with van der Waals surface area (Å²) in [5, 5.41) is 12.3. The molecule has 19 heavy (non-hydrogen) atoms. The average Bonchev–Trinajstić information content (AvgIpc) is 2.47.